The largest absolute Gasteiger partial charge is 0.369 e. The van der Waals surface area contributed by atoms with Crippen LogP contribution in [0.3, 0.4) is 0 Å². The Morgan fingerprint density at radius 1 is 1.47 bits per heavy atom. The van der Waals surface area contributed by atoms with Gasteiger partial charge in [-0.25, -0.2) is 0 Å². The van der Waals surface area contributed by atoms with Crippen molar-refractivity contribution in [3.05, 3.63) is 21.9 Å². The second-order valence-corrected chi connectivity index (χ2v) is 7.44. The molecule has 0 spiro atoms. The molecule has 0 amide bonds. The average molecular weight is 279 g/mol. The van der Waals surface area contributed by atoms with Crippen LogP contribution in [0.5, 0.6) is 0 Å². The molecule has 2 heterocycles. The maximum Gasteiger partial charge on any atom is 0.104 e. The minimum absolute atomic E-state index is 0.117. The highest BCUT2D eigenvalue weighted by atomic mass is 32.1. The molecule has 1 aliphatic heterocycles. The molecular formula is C16H25NOS. The lowest BCUT2D eigenvalue weighted by Crippen LogP contribution is -2.45. The van der Waals surface area contributed by atoms with Crippen molar-refractivity contribution in [3.63, 3.8) is 0 Å². The van der Waals surface area contributed by atoms with Crippen LogP contribution >= 0.6 is 11.3 Å². The summed E-state index contributed by atoms with van der Waals surface area (Å²) in [5.74, 6) is 0.878. The molecule has 2 nitrogen and oxygen atoms in total. The summed E-state index contributed by atoms with van der Waals surface area (Å²) in [5.41, 5.74) is 1.30. The smallest absolute Gasteiger partial charge is 0.104 e. The van der Waals surface area contributed by atoms with Gasteiger partial charge < -0.3 is 10.1 Å². The van der Waals surface area contributed by atoms with Crippen molar-refractivity contribution in [1.82, 2.24) is 5.32 Å². The van der Waals surface area contributed by atoms with Gasteiger partial charge in [0.15, 0.2) is 0 Å². The van der Waals surface area contributed by atoms with Gasteiger partial charge in [-0.2, -0.15) is 0 Å². The lowest BCUT2D eigenvalue weighted by molar-refractivity contribution is -0.0461. The molecule has 1 fully saturated rings. The van der Waals surface area contributed by atoms with E-state index in [0.29, 0.717) is 6.04 Å². The van der Waals surface area contributed by atoms with Crippen LogP contribution in [0.1, 0.15) is 50.0 Å². The number of fused-ring (bicyclic) bond motifs is 1. The molecule has 1 aliphatic carbocycles. The Hall–Kier alpha value is -0.380. The normalized spacial score (nSPS) is 35.1. The Labute approximate surface area is 120 Å². The first kappa shape index (κ1) is 13.6. The van der Waals surface area contributed by atoms with Gasteiger partial charge in [0.05, 0.1) is 6.61 Å². The van der Waals surface area contributed by atoms with Crippen molar-refractivity contribution >= 4 is 11.3 Å². The summed E-state index contributed by atoms with van der Waals surface area (Å²) in [6.45, 7) is 6.45. The van der Waals surface area contributed by atoms with E-state index in [9.17, 15) is 0 Å². The van der Waals surface area contributed by atoms with Crippen molar-refractivity contribution in [1.29, 1.82) is 0 Å². The molecule has 0 aromatic carbocycles. The summed E-state index contributed by atoms with van der Waals surface area (Å²) >= 11 is 1.88. The summed E-state index contributed by atoms with van der Waals surface area (Å²) in [5, 5.41) is 5.98. The minimum Gasteiger partial charge on any atom is -0.369 e. The number of hydrogen-bond donors (Lipinski definition) is 1. The van der Waals surface area contributed by atoms with Crippen LogP contribution < -0.4 is 5.32 Å². The molecule has 3 heteroatoms. The molecule has 1 aromatic rings. The number of hydrogen-bond acceptors (Lipinski definition) is 3. The van der Waals surface area contributed by atoms with Crippen LogP contribution in [-0.2, 0) is 16.8 Å². The van der Waals surface area contributed by atoms with Crippen LogP contribution in [0.25, 0.3) is 0 Å². The zero-order chi connectivity index (χ0) is 13.3. The van der Waals surface area contributed by atoms with Crippen LogP contribution in [0, 0.1) is 5.92 Å². The molecule has 0 radical (unpaired) electrons. The second kappa shape index (κ2) is 5.55. The van der Waals surface area contributed by atoms with Gasteiger partial charge in [-0.1, -0.05) is 19.8 Å². The first-order valence-corrected chi connectivity index (χ1v) is 8.49. The first-order valence-electron chi connectivity index (χ1n) is 7.61. The topological polar surface area (TPSA) is 21.3 Å². The molecular weight excluding hydrogens is 254 g/mol. The van der Waals surface area contributed by atoms with E-state index in [1.165, 1.54) is 36.1 Å². The Balaban J connectivity index is 1.64. The summed E-state index contributed by atoms with van der Waals surface area (Å²) < 4.78 is 6.11. The maximum atomic E-state index is 6.11. The number of nitrogens with one attached hydrogen (secondary N) is 1. The van der Waals surface area contributed by atoms with E-state index in [2.05, 4.69) is 30.6 Å². The van der Waals surface area contributed by atoms with E-state index < -0.39 is 0 Å². The summed E-state index contributed by atoms with van der Waals surface area (Å²) in [6.07, 6.45) is 6.52. The highest BCUT2D eigenvalue weighted by Gasteiger charge is 2.34. The van der Waals surface area contributed by atoms with Crippen molar-refractivity contribution in [2.24, 2.45) is 5.92 Å². The number of ether oxygens (including phenoxy) is 1. The molecule has 1 N–H and O–H groups in total. The summed E-state index contributed by atoms with van der Waals surface area (Å²) in [4.78, 5) is 1.52. The Morgan fingerprint density at radius 2 is 2.37 bits per heavy atom. The third-order valence-electron chi connectivity index (χ3n) is 4.73. The second-order valence-electron chi connectivity index (χ2n) is 6.44. The van der Waals surface area contributed by atoms with Crippen LogP contribution in [-0.4, -0.2) is 19.2 Å². The molecule has 0 saturated heterocycles. The van der Waals surface area contributed by atoms with Crippen LogP contribution in [0.4, 0.5) is 0 Å². The fourth-order valence-electron chi connectivity index (χ4n) is 3.56. The Bertz CT molecular complexity index is 430. The van der Waals surface area contributed by atoms with Crippen molar-refractivity contribution in [2.45, 2.75) is 57.6 Å². The molecule has 1 aromatic heterocycles. The third-order valence-corrected chi connectivity index (χ3v) is 5.71. The summed E-state index contributed by atoms with van der Waals surface area (Å²) in [6, 6.07) is 2.94. The number of rotatable bonds is 3. The first-order chi connectivity index (χ1) is 9.17. The number of thiophene rings is 1. The summed E-state index contributed by atoms with van der Waals surface area (Å²) in [7, 11) is 0. The van der Waals surface area contributed by atoms with E-state index in [-0.39, 0.29) is 5.60 Å². The molecule has 106 valence electrons. The zero-order valence-electron chi connectivity index (χ0n) is 12.1. The highest BCUT2D eigenvalue weighted by Crippen LogP contribution is 2.36. The molecule has 3 unspecified atom stereocenters. The lowest BCUT2D eigenvalue weighted by Gasteiger charge is -2.37. The van der Waals surface area contributed by atoms with E-state index in [1.54, 1.807) is 0 Å². The lowest BCUT2D eigenvalue weighted by atomic mass is 9.86. The Kier molecular flexibility index (Phi) is 3.97. The molecule has 3 rings (SSSR count). The average Bonchev–Trinajstić information content (AvgIpc) is 2.87. The van der Waals surface area contributed by atoms with E-state index in [4.69, 9.17) is 4.74 Å². The van der Waals surface area contributed by atoms with Gasteiger partial charge in [0, 0.05) is 23.9 Å². The fourth-order valence-corrected chi connectivity index (χ4v) is 4.54. The fraction of sp³-hybridized carbons (Fsp3) is 0.750. The van der Waals surface area contributed by atoms with Gasteiger partial charge in [0.2, 0.25) is 0 Å². The van der Waals surface area contributed by atoms with Gasteiger partial charge >= 0.3 is 0 Å². The highest BCUT2D eigenvalue weighted by molar-refractivity contribution is 7.10. The maximum absolute atomic E-state index is 6.11. The predicted octanol–water partition coefficient (Wildman–Crippen LogP) is 3.70. The van der Waals surface area contributed by atoms with E-state index in [0.717, 1.165) is 25.5 Å². The van der Waals surface area contributed by atoms with Crippen molar-refractivity contribution in [2.75, 3.05) is 13.2 Å². The van der Waals surface area contributed by atoms with Crippen molar-refractivity contribution < 1.29 is 4.74 Å². The van der Waals surface area contributed by atoms with Crippen molar-refractivity contribution in [3.8, 4) is 0 Å². The van der Waals surface area contributed by atoms with E-state index >= 15 is 0 Å². The molecule has 2 aliphatic rings. The monoisotopic (exact) mass is 279 g/mol. The standard InChI is InChI=1S/C16H25NOS/c1-12-4-3-5-13(10-12)17-11-16(2)14-7-9-19-15(14)6-8-18-16/h7,9,12-13,17H,3-6,8,10-11H2,1-2H3. The predicted molar refractivity (Wildman–Crippen MR) is 80.7 cm³/mol. The van der Waals surface area contributed by atoms with Gasteiger partial charge in [-0.15, -0.1) is 11.3 Å². The van der Waals surface area contributed by atoms with Crippen LogP contribution in [0.2, 0.25) is 0 Å². The van der Waals surface area contributed by atoms with E-state index in [1.807, 2.05) is 11.3 Å². The molecule has 1 saturated carbocycles. The van der Waals surface area contributed by atoms with Gasteiger partial charge in [0.25, 0.3) is 0 Å². The minimum atomic E-state index is -0.117. The molecule has 0 bridgehead atoms. The molecule has 3 atom stereocenters. The Morgan fingerprint density at radius 3 is 3.21 bits per heavy atom. The van der Waals surface area contributed by atoms with Gasteiger partial charge in [-0.3, -0.25) is 0 Å². The quantitative estimate of drug-likeness (QED) is 0.911. The zero-order valence-corrected chi connectivity index (χ0v) is 12.9. The van der Waals surface area contributed by atoms with Gasteiger partial charge in [-0.05, 0) is 42.7 Å². The van der Waals surface area contributed by atoms with Crippen LogP contribution in [0.15, 0.2) is 11.4 Å². The third kappa shape index (κ3) is 2.88. The van der Waals surface area contributed by atoms with Gasteiger partial charge in [0.1, 0.15) is 5.60 Å². The SMILES string of the molecule is CC1CCCC(NCC2(C)OCCc3sccc32)C1. The molecule has 19 heavy (non-hydrogen) atoms.